The smallest absolute Gasteiger partial charge is 0.155 e. The fourth-order valence-electron chi connectivity index (χ4n) is 4.37. The van der Waals surface area contributed by atoms with Gasteiger partial charge in [-0.1, -0.05) is 5.16 Å². The van der Waals surface area contributed by atoms with E-state index >= 15 is 0 Å². The second-order valence-electron chi connectivity index (χ2n) is 8.00. The first-order chi connectivity index (χ1) is 15.7. The number of nitrogens with zero attached hydrogens (tertiary/aromatic N) is 4. The van der Waals surface area contributed by atoms with Crippen LogP contribution >= 0.6 is 0 Å². The number of hydrogen-bond acceptors (Lipinski definition) is 7. The van der Waals surface area contributed by atoms with Crippen LogP contribution in [0.5, 0.6) is 5.75 Å². The summed E-state index contributed by atoms with van der Waals surface area (Å²) in [5, 5.41) is 14.2. The lowest BCUT2D eigenvalue weighted by molar-refractivity contribution is 0.105. The molecular formula is C24H26N4O4. The Balaban J connectivity index is 1.36. The number of likely N-dealkylation sites (tertiary alicyclic amines) is 1. The van der Waals surface area contributed by atoms with Crippen LogP contribution < -0.4 is 10.1 Å². The fourth-order valence-corrected chi connectivity index (χ4v) is 4.37. The summed E-state index contributed by atoms with van der Waals surface area (Å²) in [7, 11) is 1.75. The average Bonchev–Trinajstić information content (AvgIpc) is 3.47. The van der Waals surface area contributed by atoms with Crippen LogP contribution in [-0.2, 0) is 4.74 Å². The summed E-state index contributed by atoms with van der Waals surface area (Å²) >= 11 is 0. The van der Waals surface area contributed by atoms with Crippen LogP contribution in [0.3, 0.4) is 0 Å². The fraction of sp³-hybridized carbons (Fsp3) is 0.333. The van der Waals surface area contributed by atoms with Crippen molar-refractivity contribution in [2.24, 2.45) is 5.16 Å². The highest BCUT2D eigenvalue weighted by Gasteiger charge is 2.23. The summed E-state index contributed by atoms with van der Waals surface area (Å²) in [5.41, 5.74) is 2.27. The predicted octanol–water partition coefficient (Wildman–Crippen LogP) is 3.53. The number of aromatic nitrogens is 2. The number of benzene rings is 1. The van der Waals surface area contributed by atoms with E-state index in [-0.39, 0.29) is 0 Å². The molecule has 8 nitrogen and oxygen atoms in total. The topological polar surface area (TPSA) is 84.7 Å². The Morgan fingerprint density at radius 3 is 3.06 bits per heavy atom. The van der Waals surface area contributed by atoms with Crippen molar-refractivity contribution in [1.29, 1.82) is 0 Å². The second-order valence-corrected chi connectivity index (χ2v) is 8.00. The van der Waals surface area contributed by atoms with Gasteiger partial charge in [0.05, 0.1) is 18.3 Å². The monoisotopic (exact) mass is 434 g/mol. The van der Waals surface area contributed by atoms with Crippen LogP contribution in [-0.4, -0.2) is 58.9 Å². The Morgan fingerprint density at radius 2 is 2.19 bits per heavy atom. The van der Waals surface area contributed by atoms with Gasteiger partial charge in [0, 0.05) is 37.5 Å². The lowest BCUT2D eigenvalue weighted by atomic mass is 10.2. The van der Waals surface area contributed by atoms with Crippen molar-refractivity contribution < 1.29 is 19.1 Å². The number of ether oxygens (including phenoxy) is 2. The van der Waals surface area contributed by atoms with Gasteiger partial charge in [0.2, 0.25) is 0 Å². The summed E-state index contributed by atoms with van der Waals surface area (Å²) in [5.74, 6) is 1.24. The number of fused-ring (bicyclic) bond motifs is 2. The SMILES string of the molecule is COC[C@@H]1CCCN1CCOc1ccc2oc(-c3cc4cccn4cn3)cc(=NO)c2c1. The number of hydrogen-bond donors (Lipinski definition) is 1. The molecule has 166 valence electrons. The lowest BCUT2D eigenvalue weighted by Gasteiger charge is -2.23. The molecule has 3 aromatic heterocycles. The summed E-state index contributed by atoms with van der Waals surface area (Å²) in [6.07, 6.45) is 6.03. The molecule has 1 fully saturated rings. The normalized spacial score (nSPS) is 17.5. The molecule has 0 amide bonds. The first-order valence-electron chi connectivity index (χ1n) is 10.8. The van der Waals surface area contributed by atoms with Crippen LogP contribution in [0.4, 0.5) is 0 Å². The first-order valence-corrected chi connectivity index (χ1v) is 10.8. The van der Waals surface area contributed by atoms with Gasteiger partial charge in [-0.05, 0) is 55.8 Å². The van der Waals surface area contributed by atoms with E-state index in [1.54, 1.807) is 19.5 Å². The lowest BCUT2D eigenvalue weighted by Crippen LogP contribution is -2.35. The summed E-state index contributed by atoms with van der Waals surface area (Å²) in [6.45, 7) is 3.26. The average molecular weight is 434 g/mol. The van der Waals surface area contributed by atoms with E-state index in [0.29, 0.717) is 46.2 Å². The van der Waals surface area contributed by atoms with Crippen molar-refractivity contribution >= 4 is 16.5 Å². The van der Waals surface area contributed by atoms with Gasteiger partial charge >= 0.3 is 0 Å². The van der Waals surface area contributed by atoms with Gasteiger partial charge in [0.25, 0.3) is 0 Å². The minimum Gasteiger partial charge on any atom is -0.492 e. The third-order valence-corrected chi connectivity index (χ3v) is 6.00. The van der Waals surface area contributed by atoms with Crippen LogP contribution in [0.2, 0.25) is 0 Å². The maximum Gasteiger partial charge on any atom is 0.155 e. The molecule has 0 aliphatic carbocycles. The molecule has 1 aliphatic rings. The molecule has 0 radical (unpaired) electrons. The Kier molecular flexibility index (Phi) is 5.79. The summed E-state index contributed by atoms with van der Waals surface area (Å²) < 4.78 is 19.3. The highest BCUT2D eigenvalue weighted by atomic mass is 16.5. The third-order valence-electron chi connectivity index (χ3n) is 6.00. The van der Waals surface area contributed by atoms with E-state index in [1.807, 2.05) is 47.0 Å². The van der Waals surface area contributed by atoms with Crippen molar-refractivity contribution in [3.8, 4) is 17.2 Å². The van der Waals surface area contributed by atoms with Crippen molar-refractivity contribution in [3.05, 3.63) is 60.3 Å². The van der Waals surface area contributed by atoms with Crippen LogP contribution in [0, 0.1) is 0 Å². The largest absolute Gasteiger partial charge is 0.492 e. The Bertz CT molecular complexity index is 1300. The molecule has 0 spiro atoms. The molecular weight excluding hydrogens is 408 g/mol. The Morgan fingerprint density at radius 1 is 1.25 bits per heavy atom. The maximum absolute atomic E-state index is 9.64. The third kappa shape index (κ3) is 4.06. The van der Waals surface area contributed by atoms with E-state index in [1.165, 1.54) is 12.8 Å². The van der Waals surface area contributed by atoms with Crippen molar-refractivity contribution in [1.82, 2.24) is 14.3 Å². The van der Waals surface area contributed by atoms with Crippen molar-refractivity contribution in [2.45, 2.75) is 18.9 Å². The molecule has 4 aromatic rings. The Hall–Kier alpha value is -3.36. The highest BCUT2D eigenvalue weighted by molar-refractivity contribution is 5.80. The molecule has 1 aliphatic heterocycles. The highest BCUT2D eigenvalue weighted by Crippen LogP contribution is 2.25. The molecule has 1 aromatic carbocycles. The van der Waals surface area contributed by atoms with Gasteiger partial charge in [0.15, 0.2) is 5.76 Å². The van der Waals surface area contributed by atoms with E-state index in [4.69, 9.17) is 13.9 Å². The van der Waals surface area contributed by atoms with Crippen molar-refractivity contribution in [2.75, 3.05) is 33.4 Å². The van der Waals surface area contributed by atoms with Crippen LogP contribution in [0.1, 0.15) is 12.8 Å². The van der Waals surface area contributed by atoms with E-state index < -0.39 is 0 Å². The predicted molar refractivity (Wildman–Crippen MR) is 120 cm³/mol. The minimum absolute atomic E-state index is 0.406. The van der Waals surface area contributed by atoms with Crippen LogP contribution in [0.15, 0.2) is 64.6 Å². The molecule has 5 rings (SSSR count). The molecule has 0 saturated carbocycles. The zero-order valence-electron chi connectivity index (χ0n) is 18.0. The maximum atomic E-state index is 9.64. The molecule has 32 heavy (non-hydrogen) atoms. The minimum atomic E-state index is 0.406. The van der Waals surface area contributed by atoms with Gasteiger partial charge in [0.1, 0.15) is 29.0 Å². The molecule has 1 N–H and O–H groups in total. The van der Waals surface area contributed by atoms with Gasteiger partial charge < -0.3 is 23.5 Å². The zero-order chi connectivity index (χ0) is 21.9. The zero-order valence-corrected chi connectivity index (χ0v) is 18.0. The van der Waals surface area contributed by atoms with E-state index in [0.717, 1.165) is 25.2 Å². The van der Waals surface area contributed by atoms with E-state index in [2.05, 4.69) is 15.0 Å². The molecule has 1 atom stereocenters. The van der Waals surface area contributed by atoms with Gasteiger partial charge in [-0.25, -0.2) is 4.98 Å². The van der Waals surface area contributed by atoms with Crippen molar-refractivity contribution in [3.63, 3.8) is 0 Å². The number of methoxy groups -OCH3 is 1. The van der Waals surface area contributed by atoms with E-state index in [9.17, 15) is 5.21 Å². The molecule has 4 heterocycles. The van der Waals surface area contributed by atoms with Crippen LogP contribution in [0.25, 0.3) is 27.9 Å². The summed E-state index contributed by atoms with van der Waals surface area (Å²) in [6, 6.07) is 13.6. The number of rotatable bonds is 7. The molecule has 8 heteroatoms. The summed E-state index contributed by atoms with van der Waals surface area (Å²) in [4.78, 5) is 6.87. The molecule has 0 unspecified atom stereocenters. The van der Waals surface area contributed by atoms with Gasteiger partial charge in [-0.3, -0.25) is 4.90 Å². The second kappa shape index (κ2) is 9.02. The Labute approximate surface area is 185 Å². The van der Waals surface area contributed by atoms with Gasteiger partial charge in [-0.2, -0.15) is 0 Å². The van der Waals surface area contributed by atoms with Gasteiger partial charge in [-0.15, -0.1) is 0 Å². The molecule has 0 bridgehead atoms. The standard InChI is InChI=1S/C24H26N4O4/c1-30-15-18-5-3-8-27(18)10-11-31-19-6-7-23-20(13-19)21(26-29)14-24(32-23)22-12-17-4-2-9-28(17)16-25-22/h2,4,6-7,9,12-14,16,18,29H,3,5,8,10-11,15H2,1H3/t18-/m0/s1. The quantitative estimate of drug-likeness (QED) is 0.354. The molecule has 1 saturated heterocycles. The first kappa shape index (κ1) is 20.5.